The summed E-state index contributed by atoms with van der Waals surface area (Å²) in [6, 6.07) is 0. The molecule has 0 aliphatic heterocycles. The summed E-state index contributed by atoms with van der Waals surface area (Å²) in [6.45, 7) is 0. The molecule has 18 heavy (non-hydrogen) atoms. The van der Waals surface area contributed by atoms with Crippen LogP contribution in [0.3, 0.4) is 0 Å². The normalized spacial score (nSPS) is 50.7. The van der Waals surface area contributed by atoms with Crippen LogP contribution in [0.4, 0.5) is 0 Å². The largest absolute Gasteiger partial charge is 0.0528 e. The second kappa shape index (κ2) is 4.84. The second-order valence-corrected chi connectivity index (χ2v) is 8.15. The molecule has 4 saturated carbocycles. The van der Waals surface area contributed by atoms with E-state index in [4.69, 9.17) is 0 Å². The molecule has 0 N–H and O–H groups in total. The lowest BCUT2D eigenvalue weighted by Crippen LogP contribution is -2.02. The zero-order valence-corrected chi connectivity index (χ0v) is 11.9. The topological polar surface area (TPSA) is 0 Å². The van der Waals surface area contributed by atoms with E-state index in [1.807, 2.05) is 0 Å². The fourth-order valence-corrected chi connectivity index (χ4v) is 6.32. The Morgan fingerprint density at radius 2 is 0.833 bits per heavy atom. The molecule has 0 amide bonds. The van der Waals surface area contributed by atoms with Gasteiger partial charge in [-0.2, -0.15) is 0 Å². The van der Waals surface area contributed by atoms with Crippen molar-refractivity contribution in [3.8, 4) is 0 Å². The van der Waals surface area contributed by atoms with Crippen molar-refractivity contribution < 1.29 is 0 Å². The lowest BCUT2D eigenvalue weighted by atomic mass is 9.91. The monoisotopic (exact) mass is 246 g/mol. The summed E-state index contributed by atoms with van der Waals surface area (Å²) in [7, 11) is 0. The number of hydrogen-bond donors (Lipinski definition) is 0. The van der Waals surface area contributed by atoms with Gasteiger partial charge in [0, 0.05) is 0 Å². The first kappa shape index (κ1) is 11.8. The molecular weight excluding hydrogens is 216 g/mol. The first-order valence-electron chi connectivity index (χ1n) is 8.88. The lowest BCUT2D eigenvalue weighted by Gasteiger charge is -2.15. The van der Waals surface area contributed by atoms with Crippen LogP contribution < -0.4 is 0 Å². The highest BCUT2D eigenvalue weighted by Crippen LogP contribution is 2.51. The zero-order chi connectivity index (χ0) is 11.9. The van der Waals surface area contributed by atoms with Gasteiger partial charge in [-0.3, -0.25) is 0 Å². The summed E-state index contributed by atoms with van der Waals surface area (Å²) < 4.78 is 0. The standard InChI is InChI=1S/C18H30/c1-3-15-9-13(10-16(15)4-1)7-8-14-11-17-5-2-6-18(17)12-14/h13-18H,1-12H2. The van der Waals surface area contributed by atoms with Crippen molar-refractivity contribution in [1.29, 1.82) is 0 Å². The van der Waals surface area contributed by atoms with E-state index >= 15 is 0 Å². The highest BCUT2D eigenvalue weighted by molar-refractivity contribution is 4.90. The van der Waals surface area contributed by atoms with Gasteiger partial charge in [0.1, 0.15) is 0 Å². The smallest absolute Gasteiger partial charge is 0.0383 e. The molecule has 4 unspecified atom stereocenters. The zero-order valence-electron chi connectivity index (χ0n) is 11.9. The third-order valence-corrected chi connectivity index (χ3v) is 7.16. The van der Waals surface area contributed by atoms with Crippen LogP contribution in [-0.2, 0) is 0 Å². The summed E-state index contributed by atoms with van der Waals surface area (Å²) in [5.41, 5.74) is 0. The van der Waals surface area contributed by atoms with Crippen molar-refractivity contribution in [2.24, 2.45) is 35.5 Å². The number of rotatable bonds is 3. The molecule has 0 bridgehead atoms. The van der Waals surface area contributed by atoms with E-state index in [1.54, 1.807) is 77.0 Å². The Morgan fingerprint density at radius 3 is 1.17 bits per heavy atom. The first-order valence-corrected chi connectivity index (χ1v) is 8.88. The molecule has 0 spiro atoms. The minimum Gasteiger partial charge on any atom is -0.0528 e. The molecule has 0 radical (unpaired) electrons. The van der Waals surface area contributed by atoms with Crippen LogP contribution in [0.15, 0.2) is 0 Å². The third-order valence-electron chi connectivity index (χ3n) is 7.16. The molecule has 0 aromatic heterocycles. The van der Waals surface area contributed by atoms with Gasteiger partial charge in [0.25, 0.3) is 0 Å². The van der Waals surface area contributed by atoms with Crippen LogP contribution in [0.25, 0.3) is 0 Å². The summed E-state index contributed by atoms with van der Waals surface area (Å²) in [6.07, 6.45) is 19.1. The van der Waals surface area contributed by atoms with Crippen LogP contribution >= 0.6 is 0 Å². The van der Waals surface area contributed by atoms with Gasteiger partial charge in [0.2, 0.25) is 0 Å². The molecule has 4 aliphatic carbocycles. The fraction of sp³-hybridized carbons (Fsp3) is 1.00. The van der Waals surface area contributed by atoms with E-state index in [-0.39, 0.29) is 0 Å². The van der Waals surface area contributed by atoms with E-state index in [0.29, 0.717) is 0 Å². The molecule has 4 atom stereocenters. The summed E-state index contributed by atoms with van der Waals surface area (Å²) in [5.74, 6) is 6.94. The van der Waals surface area contributed by atoms with Crippen LogP contribution in [0.2, 0.25) is 0 Å². The number of fused-ring (bicyclic) bond motifs is 2. The fourth-order valence-electron chi connectivity index (χ4n) is 6.32. The molecule has 4 rings (SSSR count). The Morgan fingerprint density at radius 1 is 0.500 bits per heavy atom. The maximum atomic E-state index is 1.62. The van der Waals surface area contributed by atoms with Crippen LogP contribution in [0.5, 0.6) is 0 Å². The molecule has 4 aliphatic rings. The maximum absolute atomic E-state index is 1.62. The molecule has 0 saturated heterocycles. The van der Waals surface area contributed by atoms with Crippen molar-refractivity contribution in [3.05, 3.63) is 0 Å². The molecular formula is C18H30. The van der Waals surface area contributed by atoms with Gasteiger partial charge in [-0.05, 0) is 61.2 Å². The lowest BCUT2D eigenvalue weighted by molar-refractivity contribution is 0.368. The van der Waals surface area contributed by atoms with E-state index in [1.165, 1.54) is 0 Å². The van der Waals surface area contributed by atoms with Crippen molar-refractivity contribution in [3.63, 3.8) is 0 Å². The van der Waals surface area contributed by atoms with Gasteiger partial charge in [-0.25, -0.2) is 0 Å². The maximum Gasteiger partial charge on any atom is -0.0383 e. The van der Waals surface area contributed by atoms with Crippen molar-refractivity contribution in [2.45, 2.75) is 77.0 Å². The minimum absolute atomic E-state index is 1.14. The molecule has 0 aromatic rings. The summed E-state index contributed by atoms with van der Waals surface area (Å²) >= 11 is 0. The van der Waals surface area contributed by atoms with E-state index in [9.17, 15) is 0 Å². The van der Waals surface area contributed by atoms with Gasteiger partial charge in [0.05, 0.1) is 0 Å². The minimum atomic E-state index is 1.14. The highest BCUT2D eigenvalue weighted by atomic mass is 14.4. The third kappa shape index (κ3) is 2.14. The molecule has 0 heterocycles. The van der Waals surface area contributed by atoms with E-state index in [0.717, 1.165) is 35.5 Å². The highest BCUT2D eigenvalue weighted by Gasteiger charge is 2.39. The Labute approximate surface area is 113 Å². The number of hydrogen-bond acceptors (Lipinski definition) is 0. The Hall–Kier alpha value is 0. The molecule has 0 heteroatoms. The second-order valence-electron chi connectivity index (χ2n) is 8.15. The summed E-state index contributed by atoms with van der Waals surface area (Å²) in [4.78, 5) is 0. The SMILES string of the molecule is C1CC2CC(CCC3CC4CCCC4C3)CC2C1. The Bertz CT molecular complexity index is 240. The predicted octanol–water partition coefficient (Wildman–Crippen LogP) is 5.42. The quantitative estimate of drug-likeness (QED) is 0.624. The van der Waals surface area contributed by atoms with Crippen LogP contribution in [-0.4, -0.2) is 0 Å². The van der Waals surface area contributed by atoms with Crippen molar-refractivity contribution in [1.82, 2.24) is 0 Å². The van der Waals surface area contributed by atoms with Crippen molar-refractivity contribution in [2.75, 3.05) is 0 Å². The van der Waals surface area contributed by atoms with Crippen molar-refractivity contribution >= 4 is 0 Å². The van der Waals surface area contributed by atoms with E-state index < -0.39 is 0 Å². The van der Waals surface area contributed by atoms with Gasteiger partial charge >= 0.3 is 0 Å². The molecule has 0 aromatic carbocycles. The molecule has 0 nitrogen and oxygen atoms in total. The first-order chi connectivity index (χ1) is 8.88. The van der Waals surface area contributed by atoms with E-state index in [2.05, 4.69) is 0 Å². The molecule has 102 valence electrons. The average Bonchev–Trinajstić information content (AvgIpc) is 3.04. The van der Waals surface area contributed by atoms with Gasteiger partial charge < -0.3 is 0 Å². The Kier molecular flexibility index (Phi) is 3.17. The Balaban J connectivity index is 1.23. The average molecular weight is 246 g/mol. The predicted molar refractivity (Wildman–Crippen MR) is 76.3 cm³/mol. The van der Waals surface area contributed by atoms with Gasteiger partial charge in [0.15, 0.2) is 0 Å². The summed E-state index contributed by atoms with van der Waals surface area (Å²) in [5, 5.41) is 0. The molecule has 4 fully saturated rings. The van der Waals surface area contributed by atoms with Crippen LogP contribution in [0.1, 0.15) is 77.0 Å². The van der Waals surface area contributed by atoms with Gasteiger partial charge in [-0.1, -0.05) is 51.4 Å². The van der Waals surface area contributed by atoms with Crippen LogP contribution in [0, 0.1) is 35.5 Å². The van der Waals surface area contributed by atoms with Gasteiger partial charge in [-0.15, -0.1) is 0 Å².